The van der Waals surface area contributed by atoms with Gasteiger partial charge in [-0.3, -0.25) is 19.8 Å². The minimum absolute atomic E-state index is 0.0363. The zero-order valence-corrected chi connectivity index (χ0v) is 16.5. The van der Waals surface area contributed by atoms with E-state index in [0.717, 1.165) is 44.1 Å². The third-order valence-corrected chi connectivity index (χ3v) is 5.19. The van der Waals surface area contributed by atoms with Crippen LogP contribution in [0.15, 0.2) is 24.3 Å². The van der Waals surface area contributed by atoms with Gasteiger partial charge >= 0.3 is 6.03 Å². The SMILES string of the molecule is CN(CC(=O)NC(=O)NC1CCCCC1)Cc1ccc(C(=O)NC2CC2)cc1. The number of amides is 4. The van der Waals surface area contributed by atoms with Crippen molar-refractivity contribution in [1.82, 2.24) is 20.9 Å². The van der Waals surface area contributed by atoms with Gasteiger partial charge in [0, 0.05) is 24.2 Å². The van der Waals surface area contributed by atoms with Crippen molar-refractivity contribution in [3.05, 3.63) is 35.4 Å². The summed E-state index contributed by atoms with van der Waals surface area (Å²) in [5.74, 6) is -0.359. The fourth-order valence-electron chi connectivity index (χ4n) is 3.51. The van der Waals surface area contributed by atoms with Gasteiger partial charge in [-0.15, -0.1) is 0 Å². The minimum atomic E-state index is -0.406. The van der Waals surface area contributed by atoms with Crippen LogP contribution >= 0.6 is 0 Å². The molecule has 0 aliphatic heterocycles. The molecule has 1 aromatic carbocycles. The van der Waals surface area contributed by atoms with Crippen LogP contribution in [0, 0.1) is 0 Å². The van der Waals surface area contributed by atoms with Gasteiger partial charge in [-0.2, -0.15) is 0 Å². The van der Waals surface area contributed by atoms with Crippen molar-refractivity contribution in [2.24, 2.45) is 0 Å². The predicted octanol–water partition coefficient (Wildman–Crippen LogP) is 2.17. The maximum atomic E-state index is 12.1. The van der Waals surface area contributed by atoms with Gasteiger partial charge in [0.2, 0.25) is 5.91 Å². The molecule has 0 heterocycles. The Balaban J connectivity index is 1.38. The van der Waals surface area contributed by atoms with Crippen LogP contribution in [0.4, 0.5) is 4.79 Å². The summed E-state index contributed by atoms with van der Waals surface area (Å²) in [5.41, 5.74) is 1.65. The summed E-state index contributed by atoms with van der Waals surface area (Å²) in [7, 11) is 1.83. The number of carbonyl (C=O) groups excluding carboxylic acids is 3. The van der Waals surface area contributed by atoms with Gasteiger partial charge in [0.15, 0.2) is 0 Å². The van der Waals surface area contributed by atoms with E-state index in [1.165, 1.54) is 6.42 Å². The summed E-state index contributed by atoms with van der Waals surface area (Å²) < 4.78 is 0. The summed E-state index contributed by atoms with van der Waals surface area (Å²) >= 11 is 0. The van der Waals surface area contributed by atoms with Gasteiger partial charge in [0.25, 0.3) is 5.91 Å². The molecule has 3 N–H and O–H groups in total. The minimum Gasteiger partial charge on any atom is -0.349 e. The van der Waals surface area contributed by atoms with E-state index in [9.17, 15) is 14.4 Å². The number of likely N-dealkylation sites (N-methyl/N-ethyl adjacent to an activating group) is 1. The van der Waals surface area contributed by atoms with Crippen LogP contribution < -0.4 is 16.0 Å². The number of benzene rings is 1. The van der Waals surface area contributed by atoms with Gasteiger partial charge in [0.05, 0.1) is 6.54 Å². The lowest BCUT2D eigenvalue weighted by Crippen LogP contribution is -2.47. The summed E-state index contributed by atoms with van der Waals surface area (Å²) in [4.78, 5) is 37.9. The van der Waals surface area contributed by atoms with E-state index >= 15 is 0 Å². The molecule has 0 unspecified atom stereocenters. The zero-order valence-electron chi connectivity index (χ0n) is 16.5. The van der Waals surface area contributed by atoms with Crippen molar-refractivity contribution in [2.75, 3.05) is 13.6 Å². The number of hydrogen-bond acceptors (Lipinski definition) is 4. The van der Waals surface area contributed by atoms with Crippen molar-refractivity contribution in [3.63, 3.8) is 0 Å². The Kier molecular flexibility index (Phi) is 7.03. The van der Waals surface area contributed by atoms with Gasteiger partial charge in [0.1, 0.15) is 0 Å². The number of hydrogen-bond donors (Lipinski definition) is 3. The molecule has 0 atom stereocenters. The Labute approximate surface area is 166 Å². The smallest absolute Gasteiger partial charge is 0.321 e. The van der Waals surface area contributed by atoms with Crippen molar-refractivity contribution in [1.29, 1.82) is 0 Å². The van der Waals surface area contributed by atoms with Crippen LogP contribution in [0.3, 0.4) is 0 Å². The Morgan fingerprint density at radius 3 is 2.21 bits per heavy atom. The number of imide groups is 1. The summed E-state index contributed by atoms with van der Waals surface area (Å²) in [5, 5.41) is 8.25. The lowest BCUT2D eigenvalue weighted by Gasteiger charge is -2.23. The molecular formula is C21H30N4O3. The normalized spacial score (nSPS) is 17.2. The fraction of sp³-hybridized carbons (Fsp3) is 0.571. The summed E-state index contributed by atoms with van der Waals surface area (Å²) in [6.07, 6.45) is 7.57. The highest BCUT2D eigenvalue weighted by atomic mass is 16.2. The average molecular weight is 386 g/mol. The largest absolute Gasteiger partial charge is 0.349 e. The van der Waals surface area contributed by atoms with E-state index in [-0.39, 0.29) is 24.4 Å². The molecule has 0 bridgehead atoms. The van der Waals surface area contributed by atoms with Crippen LogP contribution in [0.25, 0.3) is 0 Å². The molecule has 4 amide bonds. The molecule has 0 radical (unpaired) electrons. The first kappa shape index (κ1) is 20.3. The second-order valence-electron chi connectivity index (χ2n) is 7.97. The maximum absolute atomic E-state index is 12.1. The zero-order chi connectivity index (χ0) is 19.9. The first-order chi connectivity index (χ1) is 13.5. The Hall–Kier alpha value is -2.41. The van der Waals surface area contributed by atoms with Crippen LogP contribution in [0.5, 0.6) is 0 Å². The molecule has 3 rings (SSSR count). The molecule has 2 aliphatic rings. The van der Waals surface area contributed by atoms with E-state index in [0.29, 0.717) is 18.2 Å². The third-order valence-electron chi connectivity index (χ3n) is 5.19. The fourth-order valence-corrected chi connectivity index (χ4v) is 3.51. The predicted molar refractivity (Wildman–Crippen MR) is 107 cm³/mol. The molecule has 0 aromatic heterocycles. The molecule has 7 heteroatoms. The highest BCUT2D eigenvalue weighted by Gasteiger charge is 2.23. The summed E-state index contributed by atoms with van der Waals surface area (Å²) in [6, 6.07) is 7.51. The number of rotatable bonds is 7. The van der Waals surface area contributed by atoms with Gasteiger partial charge in [-0.25, -0.2) is 4.79 Å². The second-order valence-corrected chi connectivity index (χ2v) is 7.97. The quantitative estimate of drug-likeness (QED) is 0.670. The van der Waals surface area contributed by atoms with E-state index < -0.39 is 6.03 Å². The molecule has 152 valence electrons. The van der Waals surface area contributed by atoms with Crippen molar-refractivity contribution in [2.45, 2.75) is 63.6 Å². The van der Waals surface area contributed by atoms with Crippen LogP contribution in [0.1, 0.15) is 60.9 Å². The molecule has 0 spiro atoms. The third kappa shape index (κ3) is 6.64. The highest BCUT2D eigenvalue weighted by Crippen LogP contribution is 2.19. The topological polar surface area (TPSA) is 90.5 Å². The molecule has 0 saturated heterocycles. The highest BCUT2D eigenvalue weighted by molar-refractivity contribution is 5.95. The monoisotopic (exact) mass is 386 g/mol. The molecule has 2 fully saturated rings. The number of urea groups is 1. The standard InChI is InChI=1S/C21H30N4O3/c1-25(14-19(26)24-21(28)23-17-5-3-2-4-6-17)13-15-7-9-16(10-8-15)20(27)22-18-11-12-18/h7-10,17-18H,2-6,11-14H2,1H3,(H,22,27)(H2,23,24,26,28). The lowest BCUT2D eigenvalue weighted by atomic mass is 9.96. The first-order valence-electron chi connectivity index (χ1n) is 10.2. The number of nitrogens with zero attached hydrogens (tertiary/aromatic N) is 1. The van der Waals surface area contributed by atoms with Crippen LogP contribution in [-0.2, 0) is 11.3 Å². The van der Waals surface area contributed by atoms with Crippen molar-refractivity contribution < 1.29 is 14.4 Å². The van der Waals surface area contributed by atoms with E-state index in [2.05, 4.69) is 16.0 Å². The molecule has 1 aromatic rings. The number of nitrogens with one attached hydrogen (secondary N) is 3. The van der Waals surface area contributed by atoms with Crippen LogP contribution in [-0.4, -0.2) is 48.4 Å². The number of carbonyl (C=O) groups is 3. The van der Waals surface area contributed by atoms with Gasteiger partial charge < -0.3 is 10.6 Å². The molecule has 2 saturated carbocycles. The Morgan fingerprint density at radius 2 is 1.57 bits per heavy atom. The molecule has 2 aliphatic carbocycles. The lowest BCUT2D eigenvalue weighted by molar-refractivity contribution is -0.121. The van der Waals surface area contributed by atoms with E-state index in [1.807, 2.05) is 24.1 Å². The van der Waals surface area contributed by atoms with Gasteiger partial charge in [-0.05, 0) is 50.4 Å². The van der Waals surface area contributed by atoms with Gasteiger partial charge in [-0.1, -0.05) is 31.4 Å². The second kappa shape index (κ2) is 9.68. The Bertz CT molecular complexity index is 694. The van der Waals surface area contributed by atoms with Crippen molar-refractivity contribution >= 4 is 17.8 Å². The maximum Gasteiger partial charge on any atom is 0.321 e. The molecule has 7 nitrogen and oxygen atoms in total. The van der Waals surface area contributed by atoms with E-state index in [1.54, 1.807) is 12.1 Å². The van der Waals surface area contributed by atoms with Crippen molar-refractivity contribution in [3.8, 4) is 0 Å². The molecule has 28 heavy (non-hydrogen) atoms. The van der Waals surface area contributed by atoms with E-state index in [4.69, 9.17) is 0 Å². The summed E-state index contributed by atoms with van der Waals surface area (Å²) in [6.45, 7) is 0.685. The van der Waals surface area contributed by atoms with Crippen LogP contribution in [0.2, 0.25) is 0 Å². The average Bonchev–Trinajstić information content (AvgIpc) is 3.46. The first-order valence-corrected chi connectivity index (χ1v) is 10.2. The molecular weight excluding hydrogens is 356 g/mol. The Morgan fingerprint density at radius 1 is 0.929 bits per heavy atom.